The van der Waals surface area contributed by atoms with E-state index in [2.05, 4.69) is 20.5 Å². The number of alkyl halides is 2. The van der Waals surface area contributed by atoms with Gasteiger partial charge in [-0.05, 0) is 12.8 Å². The van der Waals surface area contributed by atoms with Crippen LogP contribution in [0.5, 0.6) is 0 Å². The highest BCUT2D eigenvalue weighted by atomic mass is 32.1. The van der Waals surface area contributed by atoms with Crippen LogP contribution in [0.3, 0.4) is 0 Å². The molecule has 122 valence electrons. The Labute approximate surface area is 133 Å². The average Bonchev–Trinajstić information content (AvgIpc) is 3.06. The Hall–Kier alpha value is -1.94. The van der Waals surface area contributed by atoms with Crippen molar-refractivity contribution in [2.75, 3.05) is 13.2 Å². The van der Waals surface area contributed by atoms with Gasteiger partial charge in [0.1, 0.15) is 5.69 Å². The number of fused-ring (bicyclic) bond motifs is 1. The standard InChI is InChI=1S/C13H12F2N4O3S/c14-13(15)8-2-1-3-21-12(8,13)5-16-9(20)11-19-18-10(22-11)7-4-23-6-17-7/h4,6,8H,1-3,5H2,(H,16,20)/t8-,12+/m1/s1. The van der Waals surface area contributed by atoms with Gasteiger partial charge in [0.25, 0.3) is 11.8 Å². The molecule has 3 heterocycles. The molecule has 0 bridgehead atoms. The van der Waals surface area contributed by atoms with Crippen LogP contribution < -0.4 is 5.32 Å². The summed E-state index contributed by atoms with van der Waals surface area (Å²) in [7, 11) is 0. The van der Waals surface area contributed by atoms with Gasteiger partial charge in [0.05, 0.1) is 18.0 Å². The third-order valence-corrected chi connectivity index (χ3v) is 4.85. The second-order valence-electron chi connectivity index (χ2n) is 5.52. The molecule has 2 aliphatic rings. The third-order valence-electron chi connectivity index (χ3n) is 4.26. The van der Waals surface area contributed by atoms with E-state index >= 15 is 0 Å². The van der Waals surface area contributed by atoms with E-state index < -0.39 is 23.3 Å². The van der Waals surface area contributed by atoms with Gasteiger partial charge in [-0.2, -0.15) is 0 Å². The number of hydrogen-bond donors (Lipinski definition) is 1. The molecular formula is C13H12F2N4O3S. The number of thiazole rings is 1. The molecule has 1 saturated carbocycles. The molecule has 0 unspecified atom stereocenters. The van der Waals surface area contributed by atoms with Gasteiger partial charge in [0, 0.05) is 12.0 Å². The quantitative estimate of drug-likeness (QED) is 0.910. The van der Waals surface area contributed by atoms with Crippen LogP contribution in [0.2, 0.25) is 0 Å². The molecule has 1 N–H and O–H groups in total. The summed E-state index contributed by atoms with van der Waals surface area (Å²) >= 11 is 1.35. The van der Waals surface area contributed by atoms with Crippen molar-refractivity contribution >= 4 is 17.2 Å². The Kier molecular flexibility index (Phi) is 3.20. The zero-order chi connectivity index (χ0) is 16.1. The van der Waals surface area contributed by atoms with Crippen LogP contribution >= 0.6 is 11.3 Å². The molecule has 0 radical (unpaired) electrons. The number of carbonyl (C=O) groups is 1. The van der Waals surface area contributed by atoms with Gasteiger partial charge in [-0.1, -0.05) is 0 Å². The number of hydrogen-bond acceptors (Lipinski definition) is 7. The Morgan fingerprint density at radius 1 is 1.48 bits per heavy atom. The maximum absolute atomic E-state index is 13.9. The summed E-state index contributed by atoms with van der Waals surface area (Å²) in [5, 5.41) is 11.4. The van der Waals surface area contributed by atoms with E-state index in [4.69, 9.17) is 9.15 Å². The first kappa shape index (κ1) is 14.6. The van der Waals surface area contributed by atoms with Crippen LogP contribution in [0.15, 0.2) is 15.3 Å². The molecule has 1 aliphatic heterocycles. The number of amides is 1. The Morgan fingerprint density at radius 3 is 3.09 bits per heavy atom. The third kappa shape index (κ3) is 2.16. The fourth-order valence-electron chi connectivity index (χ4n) is 2.98. The first-order valence-corrected chi connectivity index (χ1v) is 8.01. The fraction of sp³-hybridized carbons (Fsp3) is 0.538. The molecule has 2 aromatic heterocycles. The highest BCUT2D eigenvalue weighted by Gasteiger charge is 2.82. The highest BCUT2D eigenvalue weighted by molar-refractivity contribution is 7.07. The van der Waals surface area contributed by atoms with E-state index in [0.29, 0.717) is 18.5 Å². The molecule has 0 aromatic carbocycles. The lowest BCUT2D eigenvalue weighted by atomic mass is 10.1. The number of halogens is 2. The summed E-state index contributed by atoms with van der Waals surface area (Å²) in [6.07, 6.45) is 1.01. The van der Waals surface area contributed by atoms with Gasteiger partial charge < -0.3 is 14.5 Å². The maximum Gasteiger partial charge on any atom is 0.308 e. The van der Waals surface area contributed by atoms with E-state index in [0.717, 1.165) is 0 Å². The second-order valence-corrected chi connectivity index (χ2v) is 6.24. The molecule has 2 aromatic rings. The van der Waals surface area contributed by atoms with Crippen molar-refractivity contribution in [3.05, 3.63) is 16.8 Å². The topological polar surface area (TPSA) is 90.1 Å². The predicted molar refractivity (Wildman–Crippen MR) is 74.1 cm³/mol. The van der Waals surface area contributed by atoms with Crippen molar-refractivity contribution in [3.63, 3.8) is 0 Å². The van der Waals surface area contributed by atoms with Crippen LogP contribution in [-0.2, 0) is 4.74 Å². The summed E-state index contributed by atoms with van der Waals surface area (Å²) in [4.78, 5) is 16.0. The number of carbonyl (C=O) groups excluding carboxylic acids is 1. The fourth-order valence-corrected chi connectivity index (χ4v) is 3.50. The minimum Gasteiger partial charge on any atom is -0.411 e. The Balaban J connectivity index is 1.43. The van der Waals surface area contributed by atoms with E-state index in [1.165, 1.54) is 11.3 Å². The molecule has 1 saturated heterocycles. The van der Waals surface area contributed by atoms with Crippen molar-refractivity contribution in [1.82, 2.24) is 20.5 Å². The summed E-state index contributed by atoms with van der Waals surface area (Å²) < 4.78 is 38.2. The molecule has 23 heavy (non-hydrogen) atoms. The van der Waals surface area contributed by atoms with Crippen LogP contribution in [0.4, 0.5) is 8.78 Å². The van der Waals surface area contributed by atoms with Crippen LogP contribution in [0, 0.1) is 5.92 Å². The van der Waals surface area contributed by atoms with Crippen LogP contribution in [-0.4, -0.2) is 45.8 Å². The normalized spacial score (nSPS) is 28.2. The van der Waals surface area contributed by atoms with Crippen molar-refractivity contribution in [2.24, 2.45) is 5.92 Å². The van der Waals surface area contributed by atoms with Crippen molar-refractivity contribution < 1.29 is 22.7 Å². The maximum atomic E-state index is 13.9. The first-order chi connectivity index (χ1) is 11.0. The Morgan fingerprint density at radius 2 is 2.35 bits per heavy atom. The number of nitrogens with zero attached hydrogens (tertiary/aromatic N) is 3. The molecule has 4 rings (SSSR count). The minimum absolute atomic E-state index is 0.109. The van der Waals surface area contributed by atoms with Crippen molar-refractivity contribution in [1.29, 1.82) is 0 Å². The molecular weight excluding hydrogens is 330 g/mol. The van der Waals surface area contributed by atoms with Gasteiger partial charge >= 0.3 is 11.8 Å². The number of rotatable bonds is 4. The van der Waals surface area contributed by atoms with E-state index in [-0.39, 0.29) is 24.9 Å². The van der Waals surface area contributed by atoms with Crippen molar-refractivity contribution in [2.45, 2.75) is 24.4 Å². The number of ether oxygens (including phenoxy) is 1. The van der Waals surface area contributed by atoms with Gasteiger partial charge in [-0.25, -0.2) is 13.8 Å². The van der Waals surface area contributed by atoms with E-state index in [1.807, 2.05) is 0 Å². The summed E-state index contributed by atoms with van der Waals surface area (Å²) in [6, 6.07) is 0. The predicted octanol–water partition coefficient (Wildman–Crippen LogP) is 1.74. The summed E-state index contributed by atoms with van der Waals surface area (Å²) in [5.41, 5.74) is 0.469. The monoisotopic (exact) mass is 342 g/mol. The smallest absolute Gasteiger partial charge is 0.308 e. The zero-order valence-corrected chi connectivity index (χ0v) is 12.6. The second kappa shape index (κ2) is 5.03. The Bertz CT molecular complexity index is 735. The largest absolute Gasteiger partial charge is 0.411 e. The summed E-state index contributed by atoms with van der Waals surface area (Å²) in [5.74, 6) is -4.63. The molecule has 1 amide bonds. The number of aromatic nitrogens is 3. The van der Waals surface area contributed by atoms with Gasteiger partial charge in [-0.3, -0.25) is 4.79 Å². The van der Waals surface area contributed by atoms with E-state index in [9.17, 15) is 13.6 Å². The van der Waals surface area contributed by atoms with Crippen LogP contribution in [0.25, 0.3) is 11.6 Å². The van der Waals surface area contributed by atoms with E-state index in [1.54, 1.807) is 10.9 Å². The molecule has 2 fully saturated rings. The molecule has 7 nitrogen and oxygen atoms in total. The van der Waals surface area contributed by atoms with Crippen molar-refractivity contribution in [3.8, 4) is 11.6 Å². The zero-order valence-electron chi connectivity index (χ0n) is 11.8. The average molecular weight is 342 g/mol. The van der Waals surface area contributed by atoms with Gasteiger partial charge in [-0.15, -0.1) is 21.5 Å². The molecule has 2 atom stereocenters. The molecule has 0 spiro atoms. The minimum atomic E-state index is -2.91. The first-order valence-electron chi connectivity index (χ1n) is 7.06. The molecule has 1 aliphatic carbocycles. The summed E-state index contributed by atoms with van der Waals surface area (Å²) in [6.45, 7) is -0.00555. The van der Waals surface area contributed by atoms with Gasteiger partial charge in [0.15, 0.2) is 5.60 Å². The SMILES string of the molecule is O=C(NC[C@]12OCCC[C@H]1C2(F)F)c1nnc(-c2cscn2)o1. The van der Waals surface area contributed by atoms with Gasteiger partial charge in [0.2, 0.25) is 0 Å². The highest BCUT2D eigenvalue weighted by Crippen LogP contribution is 2.64. The molecule has 10 heteroatoms. The number of nitrogens with one attached hydrogen (secondary N) is 1. The lowest BCUT2D eigenvalue weighted by Gasteiger charge is -2.21. The lowest BCUT2D eigenvalue weighted by Crippen LogP contribution is -2.41. The lowest BCUT2D eigenvalue weighted by molar-refractivity contribution is -0.0577. The van der Waals surface area contributed by atoms with Crippen LogP contribution in [0.1, 0.15) is 23.5 Å².